The fourth-order valence-corrected chi connectivity index (χ4v) is 8.81. The fourth-order valence-electron chi connectivity index (χ4n) is 8.81. The molecule has 0 aliphatic heterocycles. The third-order valence-electron chi connectivity index (χ3n) is 11.8. The van der Waals surface area contributed by atoms with Gasteiger partial charge < -0.3 is 9.80 Å². The molecule has 66 heavy (non-hydrogen) atoms. The first-order valence-corrected chi connectivity index (χ1v) is 20.5. The van der Waals surface area contributed by atoms with Gasteiger partial charge in [0.1, 0.15) is 23.3 Å². The van der Waals surface area contributed by atoms with E-state index in [0.717, 1.165) is 45.8 Å². The second kappa shape index (κ2) is 16.3. The summed E-state index contributed by atoms with van der Waals surface area (Å²) < 4.78 is 66.4. The summed E-state index contributed by atoms with van der Waals surface area (Å²) in [5, 5.41) is 43.2. The number of hydrogen-bond acceptors (Lipinski definition) is 6. The molecule has 0 atom stereocenters. The molecule has 10 aromatic carbocycles. The van der Waals surface area contributed by atoms with Crippen LogP contribution < -0.4 is 9.80 Å². The van der Waals surface area contributed by atoms with Crippen molar-refractivity contribution in [3.63, 3.8) is 0 Å². The van der Waals surface area contributed by atoms with E-state index in [1.807, 2.05) is 48.5 Å². The van der Waals surface area contributed by atoms with E-state index >= 15 is 17.6 Å². The zero-order valence-corrected chi connectivity index (χ0v) is 34.4. The quantitative estimate of drug-likeness (QED) is 0.111. The van der Waals surface area contributed by atoms with Crippen molar-refractivity contribution in [2.45, 2.75) is 0 Å². The Hall–Kier alpha value is -9.48. The van der Waals surface area contributed by atoms with Gasteiger partial charge in [0.05, 0.1) is 69.3 Å². The zero-order chi connectivity index (χ0) is 45.6. The molecule has 0 heterocycles. The van der Waals surface area contributed by atoms with Crippen molar-refractivity contribution in [3.8, 4) is 46.5 Å². The second-order valence-electron chi connectivity index (χ2n) is 15.5. The third kappa shape index (κ3) is 6.71. The molecule has 0 amide bonds. The largest absolute Gasteiger partial charge is 0.307 e. The SMILES string of the molecule is N#Cc1ccc(N(c2cc(F)c(-c3ccccc3C#N)cc2F)c2ccc3ccc4c(N(c5ccc(C#N)cc5)c5cc(F)c(-c6ccccc6C#N)cc5F)ccc5ccc2c3c54)cc1. The van der Waals surface area contributed by atoms with E-state index in [4.69, 9.17) is 0 Å². The Morgan fingerprint density at radius 2 is 0.712 bits per heavy atom. The van der Waals surface area contributed by atoms with Crippen LogP contribution in [0.25, 0.3) is 54.6 Å². The molecule has 10 heteroatoms. The topological polar surface area (TPSA) is 102 Å². The van der Waals surface area contributed by atoms with E-state index in [2.05, 4.69) is 24.3 Å². The van der Waals surface area contributed by atoms with E-state index < -0.39 is 23.3 Å². The predicted molar refractivity (Wildman–Crippen MR) is 249 cm³/mol. The van der Waals surface area contributed by atoms with E-state index in [1.165, 1.54) is 12.1 Å². The van der Waals surface area contributed by atoms with Crippen LogP contribution in [0.1, 0.15) is 22.3 Å². The molecular formula is C56H28F4N6. The Balaban J connectivity index is 1.20. The van der Waals surface area contributed by atoms with Gasteiger partial charge in [-0.05, 0) is 106 Å². The van der Waals surface area contributed by atoms with Gasteiger partial charge in [0.2, 0.25) is 0 Å². The summed E-state index contributed by atoms with van der Waals surface area (Å²) in [4.78, 5) is 3.17. The van der Waals surface area contributed by atoms with Gasteiger partial charge in [0, 0.05) is 56.5 Å². The highest BCUT2D eigenvalue weighted by Crippen LogP contribution is 2.49. The molecule has 310 valence electrons. The van der Waals surface area contributed by atoms with Gasteiger partial charge in [-0.15, -0.1) is 0 Å². The van der Waals surface area contributed by atoms with Gasteiger partial charge in [-0.2, -0.15) is 21.0 Å². The molecule has 0 spiro atoms. The van der Waals surface area contributed by atoms with Gasteiger partial charge in [-0.1, -0.05) is 72.8 Å². The first-order chi connectivity index (χ1) is 32.2. The highest BCUT2D eigenvalue weighted by Gasteiger charge is 2.27. The van der Waals surface area contributed by atoms with Gasteiger partial charge in [0.15, 0.2) is 0 Å². The van der Waals surface area contributed by atoms with Crippen LogP contribution in [0.3, 0.4) is 0 Å². The Bertz CT molecular complexity index is 3520. The lowest BCUT2D eigenvalue weighted by Crippen LogP contribution is -2.14. The van der Waals surface area contributed by atoms with Crippen molar-refractivity contribution in [2.24, 2.45) is 0 Å². The Labute approximate surface area is 375 Å². The molecule has 0 aliphatic carbocycles. The van der Waals surface area contributed by atoms with Crippen molar-refractivity contribution in [1.82, 2.24) is 0 Å². The van der Waals surface area contributed by atoms with Crippen LogP contribution in [0.2, 0.25) is 0 Å². The number of anilines is 6. The normalized spacial score (nSPS) is 11.0. The van der Waals surface area contributed by atoms with Crippen molar-refractivity contribution in [2.75, 3.05) is 9.80 Å². The summed E-state index contributed by atoms with van der Waals surface area (Å²) in [6, 6.07) is 53.3. The molecule has 0 saturated carbocycles. The number of halogens is 4. The Morgan fingerprint density at radius 3 is 1.09 bits per heavy atom. The van der Waals surface area contributed by atoms with Crippen LogP contribution in [0.15, 0.2) is 170 Å². The van der Waals surface area contributed by atoms with Gasteiger partial charge in [-0.3, -0.25) is 0 Å². The molecule has 10 rings (SSSR count). The molecule has 0 aromatic heterocycles. The van der Waals surface area contributed by atoms with Gasteiger partial charge in [-0.25, -0.2) is 17.6 Å². The van der Waals surface area contributed by atoms with Crippen LogP contribution in [-0.2, 0) is 0 Å². The molecule has 10 aromatic rings. The van der Waals surface area contributed by atoms with E-state index in [-0.39, 0.29) is 44.8 Å². The van der Waals surface area contributed by atoms with Gasteiger partial charge >= 0.3 is 0 Å². The monoisotopic (exact) mass is 860 g/mol. The van der Waals surface area contributed by atoms with Gasteiger partial charge in [0.25, 0.3) is 0 Å². The zero-order valence-electron chi connectivity index (χ0n) is 34.4. The van der Waals surface area contributed by atoms with Crippen LogP contribution in [0.4, 0.5) is 51.7 Å². The molecule has 0 aliphatic rings. The number of rotatable bonds is 8. The lowest BCUT2D eigenvalue weighted by molar-refractivity contribution is 0.604. The number of nitrogens with zero attached hydrogens (tertiary/aromatic N) is 6. The third-order valence-corrected chi connectivity index (χ3v) is 11.8. The molecule has 0 radical (unpaired) electrons. The molecule has 6 nitrogen and oxygen atoms in total. The predicted octanol–water partition coefficient (Wildman–Crippen LogP) is 14.9. The summed E-state index contributed by atoms with van der Waals surface area (Å²) in [6.45, 7) is 0. The minimum Gasteiger partial charge on any atom is -0.307 e. The second-order valence-corrected chi connectivity index (χ2v) is 15.5. The lowest BCUT2D eigenvalue weighted by Gasteiger charge is -2.30. The maximum Gasteiger partial charge on any atom is 0.148 e. The number of benzene rings is 10. The van der Waals surface area contributed by atoms with Crippen LogP contribution >= 0.6 is 0 Å². The maximum absolute atomic E-state index is 16.8. The average molecular weight is 861 g/mol. The fraction of sp³-hybridized carbons (Fsp3) is 0. The van der Waals surface area contributed by atoms with Crippen molar-refractivity contribution >= 4 is 66.4 Å². The Kier molecular flexibility index (Phi) is 10.0. The Morgan fingerprint density at radius 1 is 0.333 bits per heavy atom. The summed E-state index contributed by atoms with van der Waals surface area (Å²) in [5.74, 6) is -3.07. The van der Waals surface area contributed by atoms with Crippen molar-refractivity contribution < 1.29 is 17.6 Å². The number of hydrogen-bond donors (Lipinski definition) is 0. The molecule has 0 unspecified atom stereocenters. The van der Waals surface area contributed by atoms with E-state index in [1.54, 1.807) is 94.7 Å². The van der Waals surface area contributed by atoms with E-state index in [0.29, 0.717) is 44.6 Å². The summed E-state index contributed by atoms with van der Waals surface area (Å²) in [6.07, 6.45) is 0. The molecule has 0 saturated heterocycles. The van der Waals surface area contributed by atoms with Crippen molar-refractivity contribution in [1.29, 1.82) is 21.0 Å². The van der Waals surface area contributed by atoms with Crippen LogP contribution in [-0.4, -0.2) is 0 Å². The highest BCUT2D eigenvalue weighted by molar-refractivity contribution is 6.28. The molecular weight excluding hydrogens is 833 g/mol. The average Bonchev–Trinajstić information content (AvgIpc) is 3.36. The first kappa shape index (κ1) is 40.6. The highest BCUT2D eigenvalue weighted by atomic mass is 19.1. The van der Waals surface area contributed by atoms with Crippen molar-refractivity contribution in [3.05, 3.63) is 215 Å². The molecule has 0 N–H and O–H groups in total. The summed E-state index contributed by atoms with van der Waals surface area (Å²) in [5.41, 5.74) is 2.95. The standard InChI is InChI=1S/C56H28F4N6/c57-47-27-53(49(59)25-45(47)41-7-3-1-5-37(41)31-63)65(39-17-9-33(29-61)10-18-39)51-23-15-35-14-22-44-52(24-16-36-13-21-43(51)55(35)56(36)44)66(40-19-11-34(30-62)12-20-40)54-28-48(58)46(26-50(54)60)42-8-4-2-6-38(42)32-64/h1-28H. The molecule has 0 fully saturated rings. The summed E-state index contributed by atoms with van der Waals surface area (Å²) >= 11 is 0. The maximum atomic E-state index is 16.8. The molecule has 0 bridgehead atoms. The minimum atomic E-state index is -0.772. The van der Waals surface area contributed by atoms with Crippen LogP contribution in [0, 0.1) is 68.6 Å². The first-order valence-electron chi connectivity index (χ1n) is 20.5. The minimum absolute atomic E-state index is 0.0825. The smallest absolute Gasteiger partial charge is 0.148 e. The lowest BCUT2D eigenvalue weighted by atomic mass is 9.91. The van der Waals surface area contributed by atoms with E-state index in [9.17, 15) is 21.0 Å². The number of nitriles is 4. The van der Waals surface area contributed by atoms with Crippen LogP contribution in [0.5, 0.6) is 0 Å². The summed E-state index contributed by atoms with van der Waals surface area (Å²) in [7, 11) is 0.